The van der Waals surface area contributed by atoms with E-state index in [1.165, 1.54) is 24.8 Å². The molecule has 6 heteroatoms. The maximum absolute atomic E-state index is 13.5. The van der Waals surface area contributed by atoms with Gasteiger partial charge in [-0.1, -0.05) is 25.5 Å². The molecule has 154 valence electrons. The molecule has 0 aliphatic heterocycles. The molecule has 2 aromatic rings. The summed E-state index contributed by atoms with van der Waals surface area (Å²) in [6.45, 7) is 2.21. The third-order valence-electron chi connectivity index (χ3n) is 7.49. The summed E-state index contributed by atoms with van der Waals surface area (Å²) >= 11 is 6.03. The number of aryl methyl sites for hydroxylation is 1. The van der Waals surface area contributed by atoms with Crippen LogP contribution < -0.4 is 5.32 Å². The largest absolute Gasteiger partial charge is 0.326 e. The molecule has 1 aromatic heterocycles. The summed E-state index contributed by atoms with van der Waals surface area (Å²) in [7, 11) is 0. The lowest BCUT2D eigenvalue weighted by Crippen LogP contribution is -2.60. The van der Waals surface area contributed by atoms with Crippen LogP contribution in [0, 0.1) is 17.3 Å². The summed E-state index contributed by atoms with van der Waals surface area (Å²) in [5.74, 6) is 1.35. The number of nitrogens with zero attached hydrogens (tertiary/aromatic N) is 3. The van der Waals surface area contributed by atoms with Crippen molar-refractivity contribution in [2.45, 2.75) is 70.3 Å². The summed E-state index contributed by atoms with van der Waals surface area (Å²) in [6, 6.07) is 8.39. The first-order valence-corrected chi connectivity index (χ1v) is 11.4. The number of carbonyl (C=O) groups excluding carboxylic acids is 1. The number of nitrogens with one attached hydrogen (secondary N) is 1. The highest BCUT2D eigenvalue weighted by Gasteiger charge is 2.61. The standard InChI is InChI=1S/C23H29ClN4O/c1-2-3-4-16-5-7-19(8-6-16)26-20(29)22-10-17-9-18(11-22)13-23(12-17,14-22)28-15-25-21(24)27-28/h5-8,15,17-18H,2-4,9-14H2,1H3,(H,26,29)/t17-,18-,22?,23?/m1/s1. The van der Waals surface area contributed by atoms with E-state index in [0.29, 0.717) is 17.1 Å². The first kappa shape index (κ1) is 19.1. The van der Waals surface area contributed by atoms with E-state index in [1.54, 1.807) is 6.33 Å². The molecule has 4 aliphatic rings. The molecule has 0 saturated heterocycles. The van der Waals surface area contributed by atoms with E-state index in [4.69, 9.17) is 11.6 Å². The van der Waals surface area contributed by atoms with E-state index in [9.17, 15) is 4.79 Å². The van der Waals surface area contributed by atoms with Crippen LogP contribution in [0.3, 0.4) is 0 Å². The minimum atomic E-state index is -0.302. The van der Waals surface area contributed by atoms with E-state index in [-0.39, 0.29) is 16.9 Å². The Bertz CT molecular complexity index is 892. The molecule has 1 aromatic carbocycles. The van der Waals surface area contributed by atoms with E-state index in [0.717, 1.165) is 44.2 Å². The Kier molecular flexibility index (Phi) is 4.69. The monoisotopic (exact) mass is 412 g/mol. The van der Waals surface area contributed by atoms with Gasteiger partial charge in [-0.3, -0.25) is 4.79 Å². The van der Waals surface area contributed by atoms with Crippen LogP contribution in [0.4, 0.5) is 5.69 Å². The number of rotatable bonds is 6. The van der Waals surface area contributed by atoms with Gasteiger partial charge in [-0.15, -0.1) is 5.10 Å². The zero-order valence-electron chi connectivity index (χ0n) is 17.0. The second kappa shape index (κ2) is 7.12. The van der Waals surface area contributed by atoms with Gasteiger partial charge in [0, 0.05) is 5.69 Å². The maximum atomic E-state index is 13.5. The average Bonchev–Trinajstić information content (AvgIpc) is 3.14. The number of unbranched alkanes of at least 4 members (excludes halogenated alkanes) is 1. The van der Waals surface area contributed by atoms with Crippen molar-refractivity contribution in [2.24, 2.45) is 17.3 Å². The Balaban J connectivity index is 1.37. The van der Waals surface area contributed by atoms with Gasteiger partial charge in [0.05, 0.1) is 11.0 Å². The van der Waals surface area contributed by atoms with Crippen molar-refractivity contribution < 1.29 is 4.79 Å². The Morgan fingerprint density at radius 2 is 1.93 bits per heavy atom. The molecule has 1 heterocycles. The first-order chi connectivity index (χ1) is 14.0. The molecular formula is C23H29ClN4O. The lowest BCUT2D eigenvalue weighted by Gasteiger charge is -2.60. The lowest BCUT2D eigenvalue weighted by molar-refractivity contribution is -0.150. The van der Waals surface area contributed by atoms with Gasteiger partial charge < -0.3 is 5.32 Å². The Hall–Kier alpha value is -1.88. The molecule has 6 rings (SSSR count). The van der Waals surface area contributed by atoms with Crippen molar-refractivity contribution in [1.29, 1.82) is 0 Å². The molecule has 1 amide bonds. The first-order valence-electron chi connectivity index (χ1n) is 11.0. The average molecular weight is 413 g/mol. The second-order valence-electron chi connectivity index (χ2n) is 9.68. The lowest BCUT2D eigenvalue weighted by atomic mass is 9.46. The summed E-state index contributed by atoms with van der Waals surface area (Å²) in [5, 5.41) is 7.99. The van der Waals surface area contributed by atoms with Crippen LogP contribution in [0.5, 0.6) is 0 Å². The van der Waals surface area contributed by atoms with Crippen LogP contribution in [-0.4, -0.2) is 20.7 Å². The summed E-state index contributed by atoms with van der Waals surface area (Å²) in [6.07, 6.45) is 11.5. The quantitative estimate of drug-likeness (QED) is 0.708. The fourth-order valence-electron chi connectivity index (χ4n) is 6.62. The van der Waals surface area contributed by atoms with Gasteiger partial charge in [0.2, 0.25) is 11.2 Å². The van der Waals surface area contributed by atoms with Gasteiger partial charge in [-0.05, 0) is 92.5 Å². The van der Waals surface area contributed by atoms with E-state index in [2.05, 4.69) is 46.6 Å². The third kappa shape index (κ3) is 3.37. The van der Waals surface area contributed by atoms with Gasteiger partial charge >= 0.3 is 0 Å². The number of anilines is 1. The van der Waals surface area contributed by atoms with Crippen LogP contribution in [-0.2, 0) is 16.8 Å². The number of benzene rings is 1. The molecule has 2 atom stereocenters. The van der Waals surface area contributed by atoms with E-state index >= 15 is 0 Å². The zero-order chi connectivity index (χ0) is 20.1. The molecule has 0 unspecified atom stereocenters. The predicted octanol–water partition coefficient (Wildman–Crippen LogP) is 5.21. The molecule has 4 bridgehead atoms. The number of aromatic nitrogens is 3. The Morgan fingerprint density at radius 1 is 1.21 bits per heavy atom. The van der Waals surface area contributed by atoms with Crippen molar-refractivity contribution in [2.75, 3.05) is 5.32 Å². The smallest absolute Gasteiger partial charge is 0.242 e. The van der Waals surface area contributed by atoms with Crippen molar-refractivity contribution in [3.63, 3.8) is 0 Å². The second-order valence-corrected chi connectivity index (χ2v) is 10.0. The minimum absolute atomic E-state index is 0.106. The normalized spacial score (nSPS) is 32.5. The molecule has 29 heavy (non-hydrogen) atoms. The predicted molar refractivity (Wildman–Crippen MR) is 114 cm³/mol. The van der Waals surface area contributed by atoms with Crippen molar-refractivity contribution in [1.82, 2.24) is 14.8 Å². The van der Waals surface area contributed by atoms with Gasteiger partial charge in [-0.25, -0.2) is 9.67 Å². The highest BCUT2D eigenvalue weighted by molar-refractivity contribution is 6.28. The molecule has 4 aliphatic carbocycles. The summed E-state index contributed by atoms with van der Waals surface area (Å²) < 4.78 is 1.97. The molecule has 5 nitrogen and oxygen atoms in total. The number of hydrogen-bond donors (Lipinski definition) is 1. The van der Waals surface area contributed by atoms with Crippen molar-refractivity contribution >= 4 is 23.2 Å². The van der Waals surface area contributed by atoms with Gasteiger partial charge in [-0.2, -0.15) is 0 Å². The maximum Gasteiger partial charge on any atom is 0.242 e. The SMILES string of the molecule is CCCCc1ccc(NC(=O)C23C[C@H]4C[C@H](C2)CC(n2cnc(Cl)n2)(C4)C3)cc1. The Morgan fingerprint density at radius 3 is 2.55 bits per heavy atom. The van der Waals surface area contributed by atoms with Crippen LogP contribution in [0.1, 0.15) is 63.9 Å². The summed E-state index contributed by atoms with van der Waals surface area (Å²) in [5.41, 5.74) is 1.83. The highest BCUT2D eigenvalue weighted by atomic mass is 35.5. The third-order valence-corrected chi connectivity index (χ3v) is 7.67. The number of carbonyl (C=O) groups is 1. The van der Waals surface area contributed by atoms with Gasteiger partial charge in [0.25, 0.3) is 0 Å². The van der Waals surface area contributed by atoms with E-state index < -0.39 is 0 Å². The Labute approximate surface area is 177 Å². The molecule has 4 fully saturated rings. The van der Waals surface area contributed by atoms with Gasteiger partial charge in [0.15, 0.2) is 0 Å². The minimum Gasteiger partial charge on any atom is -0.326 e. The zero-order valence-corrected chi connectivity index (χ0v) is 17.8. The van der Waals surface area contributed by atoms with Crippen LogP contribution >= 0.6 is 11.6 Å². The number of halogens is 1. The van der Waals surface area contributed by atoms with E-state index in [1.807, 2.05) is 4.68 Å². The highest BCUT2D eigenvalue weighted by Crippen LogP contribution is 2.64. The number of hydrogen-bond acceptors (Lipinski definition) is 3. The van der Waals surface area contributed by atoms with Crippen molar-refractivity contribution in [3.8, 4) is 0 Å². The topological polar surface area (TPSA) is 59.8 Å². The molecule has 0 radical (unpaired) electrons. The van der Waals surface area contributed by atoms with Crippen LogP contribution in [0.25, 0.3) is 0 Å². The fourth-order valence-corrected chi connectivity index (χ4v) is 6.74. The van der Waals surface area contributed by atoms with Crippen LogP contribution in [0.15, 0.2) is 30.6 Å². The van der Waals surface area contributed by atoms with Gasteiger partial charge in [0.1, 0.15) is 6.33 Å². The molecule has 4 saturated carbocycles. The fraction of sp³-hybridized carbons (Fsp3) is 0.609. The molecule has 1 N–H and O–H groups in total. The number of amides is 1. The molecular weight excluding hydrogens is 384 g/mol. The van der Waals surface area contributed by atoms with Crippen LogP contribution in [0.2, 0.25) is 5.28 Å². The molecule has 0 spiro atoms. The summed E-state index contributed by atoms with van der Waals surface area (Å²) in [4.78, 5) is 17.7. The van der Waals surface area contributed by atoms with Crippen molar-refractivity contribution in [3.05, 3.63) is 41.4 Å².